The smallest absolute Gasteiger partial charge is 0.225 e. The Bertz CT molecular complexity index is 464. The van der Waals surface area contributed by atoms with Crippen LogP contribution in [0.25, 0.3) is 0 Å². The van der Waals surface area contributed by atoms with Crippen molar-refractivity contribution in [3.05, 3.63) is 17.5 Å². The van der Waals surface area contributed by atoms with Crippen molar-refractivity contribution in [2.24, 2.45) is 5.92 Å². The molecular weight excluding hydrogens is 268 g/mol. The maximum atomic E-state index is 12.0. The third kappa shape index (κ3) is 4.39. The van der Waals surface area contributed by atoms with Crippen LogP contribution in [-0.2, 0) is 4.79 Å². The molecule has 0 saturated carbocycles. The van der Waals surface area contributed by atoms with Gasteiger partial charge in [0.2, 0.25) is 11.9 Å². The molecule has 1 aromatic rings. The van der Waals surface area contributed by atoms with Crippen LogP contribution in [0.2, 0.25) is 0 Å². The van der Waals surface area contributed by atoms with Crippen molar-refractivity contribution in [1.82, 2.24) is 15.3 Å². The average Bonchev–Trinajstić information content (AvgIpc) is 2.46. The Hall–Kier alpha value is -1.69. The van der Waals surface area contributed by atoms with E-state index in [2.05, 4.69) is 20.2 Å². The van der Waals surface area contributed by atoms with Crippen LogP contribution in [0.15, 0.2) is 6.07 Å². The van der Waals surface area contributed by atoms with Crippen LogP contribution in [0.5, 0.6) is 0 Å². The number of anilines is 1. The summed E-state index contributed by atoms with van der Waals surface area (Å²) in [6.07, 6.45) is 2.25. The molecule has 0 aliphatic carbocycles. The Morgan fingerprint density at radius 2 is 1.95 bits per heavy atom. The van der Waals surface area contributed by atoms with Crippen molar-refractivity contribution >= 4 is 11.9 Å². The zero-order valence-electron chi connectivity index (χ0n) is 12.8. The van der Waals surface area contributed by atoms with Crippen molar-refractivity contribution in [3.63, 3.8) is 0 Å². The van der Waals surface area contributed by atoms with E-state index >= 15 is 0 Å². The Balaban J connectivity index is 1.86. The second-order valence-electron chi connectivity index (χ2n) is 5.58. The summed E-state index contributed by atoms with van der Waals surface area (Å²) >= 11 is 0. The molecule has 1 aromatic heterocycles. The van der Waals surface area contributed by atoms with Crippen LogP contribution >= 0.6 is 0 Å². The summed E-state index contributed by atoms with van der Waals surface area (Å²) in [6.45, 7) is 6.22. The number of nitrogens with one attached hydrogen (secondary N) is 1. The fourth-order valence-corrected chi connectivity index (χ4v) is 2.63. The SMILES string of the molecule is Cc1cc(C)nc(N2CCC(C(=O)NCCCO)CC2)n1. The number of piperidine rings is 1. The second kappa shape index (κ2) is 7.36. The lowest BCUT2D eigenvalue weighted by atomic mass is 9.96. The lowest BCUT2D eigenvalue weighted by molar-refractivity contribution is -0.125. The number of carbonyl (C=O) groups is 1. The van der Waals surface area contributed by atoms with Gasteiger partial charge in [0.25, 0.3) is 0 Å². The van der Waals surface area contributed by atoms with Crippen molar-refractivity contribution in [1.29, 1.82) is 0 Å². The quantitative estimate of drug-likeness (QED) is 0.785. The molecule has 2 N–H and O–H groups in total. The normalized spacial score (nSPS) is 16.0. The van der Waals surface area contributed by atoms with Crippen LogP contribution in [-0.4, -0.2) is 47.2 Å². The number of amides is 1. The first kappa shape index (κ1) is 15.7. The third-order valence-electron chi connectivity index (χ3n) is 3.75. The highest BCUT2D eigenvalue weighted by molar-refractivity contribution is 5.78. The number of hydrogen-bond donors (Lipinski definition) is 2. The monoisotopic (exact) mass is 292 g/mol. The van der Waals surface area contributed by atoms with E-state index in [-0.39, 0.29) is 18.4 Å². The molecule has 0 atom stereocenters. The zero-order chi connectivity index (χ0) is 15.2. The van der Waals surface area contributed by atoms with Gasteiger partial charge in [0.15, 0.2) is 0 Å². The van der Waals surface area contributed by atoms with E-state index in [1.807, 2.05) is 19.9 Å². The van der Waals surface area contributed by atoms with Crippen molar-refractivity contribution in [2.75, 3.05) is 31.1 Å². The van der Waals surface area contributed by atoms with E-state index in [4.69, 9.17) is 5.11 Å². The van der Waals surface area contributed by atoms with Gasteiger partial charge in [-0.25, -0.2) is 9.97 Å². The lowest BCUT2D eigenvalue weighted by Gasteiger charge is -2.31. The summed E-state index contributed by atoms with van der Waals surface area (Å²) in [5, 5.41) is 11.6. The summed E-state index contributed by atoms with van der Waals surface area (Å²) in [5.74, 6) is 0.932. The zero-order valence-corrected chi connectivity index (χ0v) is 12.8. The fourth-order valence-electron chi connectivity index (χ4n) is 2.63. The number of aliphatic hydroxyl groups is 1. The van der Waals surface area contributed by atoms with Gasteiger partial charge in [0.1, 0.15) is 0 Å². The first-order valence-electron chi connectivity index (χ1n) is 7.56. The molecule has 21 heavy (non-hydrogen) atoms. The molecule has 2 heterocycles. The minimum Gasteiger partial charge on any atom is -0.396 e. The first-order chi connectivity index (χ1) is 10.1. The summed E-state index contributed by atoms with van der Waals surface area (Å²) in [6, 6.07) is 1.96. The van der Waals surface area contributed by atoms with E-state index in [1.54, 1.807) is 0 Å². The van der Waals surface area contributed by atoms with E-state index in [0.717, 1.165) is 43.3 Å². The number of aromatic nitrogens is 2. The maximum Gasteiger partial charge on any atom is 0.225 e. The summed E-state index contributed by atoms with van der Waals surface area (Å²) in [4.78, 5) is 23.1. The maximum absolute atomic E-state index is 12.0. The third-order valence-corrected chi connectivity index (χ3v) is 3.75. The number of nitrogens with zero attached hydrogens (tertiary/aromatic N) is 3. The van der Waals surface area contributed by atoms with Crippen molar-refractivity contribution in [2.45, 2.75) is 33.1 Å². The molecule has 1 aliphatic heterocycles. The molecule has 1 amide bonds. The summed E-state index contributed by atoms with van der Waals surface area (Å²) in [7, 11) is 0. The molecule has 6 heteroatoms. The van der Waals surface area contributed by atoms with E-state index in [1.165, 1.54) is 0 Å². The van der Waals surface area contributed by atoms with Crippen molar-refractivity contribution in [3.8, 4) is 0 Å². The Morgan fingerprint density at radius 1 is 1.33 bits per heavy atom. The molecule has 0 bridgehead atoms. The molecule has 0 spiro atoms. The molecule has 1 fully saturated rings. The van der Waals surface area contributed by atoms with E-state index in [9.17, 15) is 4.79 Å². The van der Waals surface area contributed by atoms with Crippen LogP contribution < -0.4 is 10.2 Å². The van der Waals surface area contributed by atoms with Gasteiger partial charge in [-0.2, -0.15) is 0 Å². The van der Waals surface area contributed by atoms with Gasteiger partial charge in [0.05, 0.1) is 0 Å². The van der Waals surface area contributed by atoms with Gasteiger partial charge >= 0.3 is 0 Å². The molecule has 0 aromatic carbocycles. The number of aryl methyl sites for hydroxylation is 2. The average molecular weight is 292 g/mol. The lowest BCUT2D eigenvalue weighted by Crippen LogP contribution is -2.41. The minimum atomic E-state index is 0.0610. The van der Waals surface area contributed by atoms with Gasteiger partial charge in [-0.1, -0.05) is 0 Å². The van der Waals surface area contributed by atoms with Gasteiger partial charge < -0.3 is 15.3 Å². The van der Waals surface area contributed by atoms with Crippen LogP contribution in [0.3, 0.4) is 0 Å². The summed E-state index contributed by atoms with van der Waals surface area (Å²) < 4.78 is 0. The minimum absolute atomic E-state index is 0.0610. The fraction of sp³-hybridized carbons (Fsp3) is 0.667. The number of rotatable bonds is 5. The number of carbonyl (C=O) groups excluding carboxylic acids is 1. The topological polar surface area (TPSA) is 78.4 Å². The van der Waals surface area contributed by atoms with E-state index in [0.29, 0.717) is 13.0 Å². The second-order valence-corrected chi connectivity index (χ2v) is 5.58. The van der Waals surface area contributed by atoms with Gasteiger partial charge in [-0.15, -0.1) is 0 Å². The highest BCUT2D eigenvalue weighted by Gasteiger charge is 2.25. The molecule has 6 nitrogen and oxygen atoms in total. The predicted octanol–water partition coefficient (Wildman–Crippen LogP) is 0.808. The number of hydrogen-bond acceptors (Lipinski definition) is 5. The Kier molecular flexibility index (Phi) is 5.50. The molecule has 116 valence electrons. The Labute approximate surface area is 125 Å². The first-order valence-corrected chi connectivity index (χ1v) is 7.56. The molecular formula is C15H24N4O2. The summed E-state index contributed by atoms with van der Waals surface area (Å²) in [5.41, 5.74) is 1.95. The van der Waals surface area contributed by atoms with Crippen LogP contribution in [0, 0.1) is 19.8 Å². The van der Waals surface area contributed by atoms with Crippen LogP contribution in [0.1, 0.15) is 30.7 Å². The van der Waals surface area contributed by atoms with Crippen LogP contribution in [0.4, 0.5) is 5.95 Å². The highest BCUT2D eigenvalue weighted by atomic mass is 16.3. The molecule has 2 rings (SSSR count). The highest BCUT2D eigenvalue weighted by Crippen LogP contribution is 2.21. The van der Waals surface area contributed by atoms with Gasteiger partial charge in [0, 0.05) is 43.5 Å². The standard InChI is InChI=1S/C15H24N4O2/c1-11-10-12(2)18-15(17-11)19-7-4-13(5-8-19)14(21)16-6-3-9-20/h10,13,20H,3-9H2,1-2H3,(H,16,21). The Morgan fingerprint density at radius 3 is 2.52 bits per heavy atom. The molecule has 0 unspecified atom stereocenters. The molecule has 1 aliphatic rings. The van der Waals surface area contributed by atoms with Crippen molar-refractivity contribution < 1.29 is 9.90 Å². The molecule has 1 saturated heterocycles. The molecule has 0 radical (unpaired) electrons. The largest absolute Gasteiger partial charge is 0.396 e. The van der Waals surface area contributed by atoms with Gasteiger partial charge in [-0.3, -0.25) is 4.79 Å². The van der Waals surface area contributed by atoms with E-state index < -0.39 is 0 Å². The predicted molar refractivity (Wildman–Crippen MR) is 81.2 cm³/mol. The number of aliphatic hydroxyl groups excluding tert-OH is 1. The van der Waals surface area contributed by atoms with Gasteiger partial charge in [-0.05, 0) is 39.2 Å².